The van der Waals surface area contributed by atoms with E-state index in [9.17, 15) is 4.79 Å². The quantitative estimate of drug-likeness (QED) is 0.935. The molecule has 0 aliphatic heterocycles. The molecule has 0 atom stereocenters. The summed E-state index contributed by atoms with van der Waals surface area (Å²) in [5, 5.41) is 13.8. The van der Waals surface area contributed by atoms with Crippen molar-refractivity contribution in [2.45, 2.75) is 13.5 Å². The third-order valence-corrected chi connectivity index (χ3v) is 2.99. The zero-order valence-electron chi connectivity index (χ0n) is 10.6. The summed E-state index contributed by atoms with van der Waals surface area (Å²) in [5.74, 6) is -0.295. The van der Waals surface area contributed by atoms with Gasteiger partial charge in [0.15, 0.2) is 0 Å². The van der Waals surface area contributed by atoms with Gasteiger partial charge in [-0.3, -0.25) is 4.68 Å². The first-order chi connectivity index (χ1) is 9.01. The van der Waals surface area contributed by atoms with Gasteiger partial charge in [-0.25, -0.2) is 4.79 Å². The van der Waals surface area contributed by atoms with Crippen molar-refractivity contribution in [1.82, 2.24) is 9.78 Å². The Morgan fingerprint density at radius 1 is 1.53 bits per heavy atom. The highest BCUT2D eigenvalue weighted by atomic mass is 35.5. The lowest BCUT2D eigenvalue weighted by molar-refractivity contribution is 0.0696. The van der Waals surface area contributed by atoms with E-state index in [1.165, 1.54) is 6.20 Å². The number of carboxylic acids is 1. The van der Waals surface area contributed by atoms with Crippen LogP contribution in [0.15, 0.2) is 24.4 Å². The van der Waals surface area contributed by atoms with Crippen LogP contribution in [0.2, 0.25) is 5.02 Å². The van der Waals surface area contributed by atoms with E-state index < -0.39 is 5.97 Å². The van der Waals surface area contributed by atoms with E-state index in [0.29, 0.717) is 23.0 Å². The highest BCUT2D eigenvalue weighted by Gasteiger charge is 2.13. The smallest absolute Gasteiger partial charge is 0.339 e. The number of benzene rings is 1. The first kappa shape index (κ1) is 13.4. The number of aromatic nitrogens is 2. The highest BCUT2D eigenvalue weighted by Crippen LogP contribution is 2.23. The van der Waals surface area contributed by atoms with Crippen molar-refractivity contribution in [2.24, 2.45) is 0 Å². The minimum atomic E-state index is -0.984. The molecule has 0 aliphatic rings. The van der Waals surface area contributed by atoms with Crippen LogP contribution in [0.1, 0.15) is 21.6 Å². The van der Waals surface area contributed by atoms with Crippen LogP contribution in [0.25, 0.3) is 0 Å². The van der Waals surface area contributed by atoms with E-state index >= 15 is 0 Å². The first-order valence-corrected chi connectivity index (χ1v) is 5.99. The lowest BCUT2D eigenvalue weighted by Crippen LogP contribution is -2.02. The first-order valence-electron chi connectivity index (χ1n) is 5.61. The normalized spacial score (nSPS) is 10.5. The molecular weight excluding hydrogens is 268 g/mol. The van der Waals surface area contributed by atoms with Gasteiger partial charge >= 0.3 is 5.97 Å². The largest absolute Gasteiger partial charge is 0.496 e. The van der Waals surface area contributed by atoms with E-state index in [4.69, 9.17) is 21.4 Å². The van der Waals surface area contributed by atoms with E-state index in [1.54, 1.807) is 36.9 Å². The molecule has 1 N–H and O–H groups in total. The van der Waals surface area contributed by atoms with Gasteiger partial charge in [0.05, 0.1) is 19.3 Å². The fourth-order valence-electron chi connectivity index (χ4n) is 1.85. The van der Waals surface area contributed by atoms with Crippen LogP contribution in [0.4, 0.5) is 0 Å². The second-order valence-corrected chi connectivity index (χ2v) is 4.52. The van der Waals surface area contributed by atoms with Gasteiger partial charge in [0.2, 0.25) is 0 Å². The number of carbonyl (C=O) groups is 1. The van der Waals surface area contributed by atoms with Crippen molar-refractivity contribution in [1.29, 1.82) is 0 Å². The molecule has 2 aromatic rings. The Morgan fingerprint density at radius 3 is 2.84 bits per heavy atom. The molecule has 100 valence electrons. The van der Waals surface area contributed by atoms with E-state index in [0.717, 1.165) is 5.56 Å². The number of nitrogens with zero attached hydrogens (tertiary/aromatic N) is 2. The number of halogens is 1. The van der Waals surface area contributed by atoms with Crippen LogP contribution in [-0.4, -0.2) is 28.0 Å². The molecule has 0 spiro atoms. The Labute approximate surface area is 115 Å². The molecule has 0 fully saturated rings. The zero-order chi connectivity index (χ0) is 14.0. The van der Waals surface area contributed by atoms with Gasteiger partial charge in [0, 0.05) is 16.8 Å². The molecule has 0 unspecified atom stereocenters. The number of hydrogen-bond donors (Lipinski definition) is 1. The summed E-state index contributed by atoms with van der Waals surface area (Å²) in [6.07, 6.45) is 1.50. The molecule has 1 aromatic carbocycles. The van der Waals surface area contributed by atoms with Crippen molar-refractivity contribution < 1.29 is 14.6 Å². The Balaban J connectivity index is 2.33. The van der Waals surface area contributed by atoms with Gasteiger partial charge in [-0.2, -0.15) is 5.10 Å². The van der Waals surface area contributed by atoms with E-state index in [2.05, 4.69) is 5.10 Å². The fraction of sp³-hybridized carbons (Fsp3) is 0.231. The molecule has 0 aliphatic carbocycles. The second kappa shape index (κ2) is 5.32. The van der Waals surface area contributed by atoms with Crippen LogP contribution >= 0.6 is 11.6 Å². The molecule has 2 rings (SSSR count). The SMILES string of the molecule is COc1ccc(Cl)cc1Cn1cc(C(=O)O)c(C)n1. The zero-order valence-corrected chi connectivity index (χ0v) is 11.3. The standard InChI is InChI=1S/C13H13ClN2O3/c1-8-11(13(17)18)7-16(15-8)6-9-5-10(14)3-4-12(9)19-2/h3-5,7H,6H2,1-2H3,(H,17,18). The van der Waals surface area contributed by atoms with Crippen LogP contribution in [0.5, 0.6) is 5.75 Å². The van der Waals surface area contributed by atoms with Crippen molar-refractivity contribution >= 4 is 17.6 Å². The van der Waals surface area contributed by atoms with Gasteiger partial charge < -0.3 is 9.84 Å². The van der Waals surface area contributed by atoms with Crippen LogP contribution in [-0.2, 0) is 6.54 Å². The maximum atomic E-state index is 11.0. The summed E-state index contributed by atoms with van der Waals surface area (Å²) in [4.78, 5) is 11.0. The molecule has 1 heterocycles. The molecule has 1 aromatic heterocycles. The minimum absolute atomic E-state index is 0.195. The Bertz CT molecular complexity index is 622. The summed E-state index contributed by atoms with van der Waals surface area (Å²) in [6.45, 7) is 2.06. The van der Waals surface area contributed by atoms with Gasteiger partial charge in [-0.05, 0) is 25.1 Å². The predicted octanol–water partition coefficient (Wildman–Crippen LogP) is 2.60. The van der Waals surface area contributed by atoms with Crippen LogP contribution < -0.4 is 4.74 Å². The molecular formula is C13H13ClN2O3. The molecule has 19 heavy (non-hydrogen) atoms. The Morgan fingerprint density at radius 2 is 2.26 bits per heavy atom. The number of rotatable bonds is 4. The molecule has 0 bridgehead atoms. The number of methoxy groups -OCH3 is 1. The highest BCUT2D eigenvalue weighted by molar-refractivity contribution is 6.30. The van der Waals surface area contributed by atoms with Gasteiger partial charge in [-0.1, -0.05) is 11.6 Å². The third kappa shape index (κ3) is 2.88. The fourth-order valence-corrected chi connectivity index (χ4v) is 2.05. The van der Waals surface area contributed by atoms with Crippen molar-refractivity contribution in [2.75, 3.05) is 7.11 Å². The van der Waals surface area contributed by atoms with Crippen molar-refractivity contribution in [3.63, 3.8) is 0 Å². The lowest BCUT2D eigenvalue weighted by Gasteiger charge is -2.08. The summed E-state index contributed by atoms with van der Waals surface area (Å²) in [6, 6.07) is 5.28. The number of hydrogen-bond acceptors (Lipinski definition) is 3. The van der Waals surface area contributed by atoms with Crippen LogP contribution in [0.3, 0.4) is 0 Å². The molecule has 0 saturated carbocycles. The summed E-state index contributed by atoms with van der Waals surface area (Å²) in [7, 11) is 1.57. The third-order valence-electron chi connectivity index (χ3n) is 2.75. The molecule has 0 amide bonds. The number of aromatic carboxylic acids is 1. The summed E-state index contributed by atoms with van der Waals surface area (Å²) < 4.78 is 6.80. The number of ether oxygens (including phenoxy) is 1. The average molecular weight is 281 g/mol. The van der Waals surface area contributed by atoms with E-state index in [1.807, 2.05) is 0 Å². The van der Waals surface area contributed by atoms with Crippen molar-refractivity contribution in [3.05, 3.63) is 46.2 Å². The second-order valence-electron chi connectivity index (χ2n) is 4.09. The molecule has 0 radical (unpaired) electrons. The summed E-state index contributed by atoms with van der Waals surface area (Å²) in [5.41, 5.74) is 1.52. The Hall–Kier alpha value is -2.01. The maximum absolute atomic E-state index is 11.0. The number of aryl methyl sites for hydroxylation is 1. The maximum Gasteiger partial charge on any atom is 0.339 e. The van der Waals surface area contributed by atoms with E-state index in [-0.39, 0.29) is 5.56 Å². The van der Waals surface area contributed by atoms with Gasteiger partial charge in [0.25, 0.3) is 0 Å². The molecule has 0 saturated heterocycles. The topological polar surface area (TPSA) is 64.3 Å². The van der Waals surface area contributed by atoms with Gasteiger partial charge in [0.1, 0.15) is 11.3 Å². The average Bonchev–Trinajstić information content (AvgIpc) is 2.71. The molecule has 5 nitrogen and oxygen atoms in total. The monoisotopic (exact) mass is 280 g/mol. The Kier molecular flexibility index (Phi) is 3.76. The summed E-state index contributed by atoms with van der Waals surface area (Å²) >= 11 is 5.95. The lowest BCUT2D eigenvalue weighted by atomic mass is 10.2. The minimum Gasteiger partial charge on any atom is -0.496 e. The van der Waals surface area contributed by atoms with Crippen LogP contribution in [0, 0.1) is 6.92 Å². The number of carboxylic acid groups (broad SMARTS) is 1. The predicted molar refractivity (Wildman–Crippen MR) is 71.0 cm³/mol. The van der Waals surface area contributed by atoms with Crippen molar-refractivity contribution in [3.8, 4) is 5.75 Å². The molecule has 6 heteroatoms. The van der Waals surface area contributed by atoms with Gasteiger partial charge in [-0.15, -0.1) is 0 Å².